The standard InChI is InChI=1S/C14H23NO/c1-4-10-12-9(3)11-6-5-8(2)7-14(11,16-12)13(10)15/h8,10,12-13H,4-7,15H2,1-3H3. The normalized spacial score (nSPS) is 51.0. The van der Waals surface area contributed by atoms with Crippen LogP contribution >= 0.6 is 0 Å². The highest BCUT2D eigenvalue weighted by Gasteiger charge is 2.61. The van der Waals surface area contributed by atoms with Gasteiger partial charge in [-0.25, -0.2) is 0 Å². The van der Waals surface area contributed by atoms with E-state index in [-0.39, 0.29) is 11.6 Å². The molecule has 5 unspecified atom stereocenters. The fourth-order valence-corrected chi connectivity index (χ4v) is 4.31. The summed E-state index contributed by atoms with van der Waals surface area (Å²) in [5.41, 5.74) is 9.50. The Bertz CT molecular complexity index is 349. The van der Waals surface area contributed by atoms with Gasteiger partial charge in [-0.05, 0) is 49.7 Å². The van der Waals surface area contributed by atoms with E-state index in [0.29, 0.717) is 12.0 Å². The summed E-state index contributed by atoms with van der Waals surface area (Å²) in [6, 6.07) is 0.240. The second kappa shape index (κ2) is 3.33. The van der Waals surface area contributed by atoms with Crippen molar-refractivity contribution in [3.8, 4) is 0 Å². The third kappa shape index (κ3) is 1.10. The molecule has 2 nitrogen and oxygen atoms in total. The van der Waals surface area contributed by atoms with Gasteiger partial charge in [-0.2, -0.15) is 0 Å². The Hall–Kier alpha value is -0.340. The predicted molar refractivity (Wildman–Crippen MR) is 65.1 cm³/mol. The summed E-state index contributed by atoms with van der Waals surface area (Å²) in [6.45, 7) is 6.85. The van der Waals surface area contributed by atoms with Crippen molar-refractivity contribution in [1.82, 2.24) is 0 Å². The molecule has 1 saturated heterocycles. The van der Waals surface area contributed by atoms with Gasteiger partial charge >= 0.3 is 0 Å². The van der Waals surface area contributed by atoms with Gasteiger partial charge in [-0.15, -0.1) is 0 Å². The van der Waals surface area contributed by atoms with Crippen molar-refractivity contribution in [2.24, 2.45) is 17.6 Å². The zero-order chi connectivity index (χ0) is 11.5. The lowest BCUT2D eigenvalue weighted by Crippen LogP contribution is -2.52. The highest BCUT2D eigenvalue weighted by Crippen LogP contribution is 2.57. The number of ether oxygens (including phenoxy) is 1. The third-order valence-electron chi connectivity index (χ3n) is 5.15. The Kier molecular flexibility index (Phi) is 2.25. The van der Waals surface area contributed by atoms with E-state index in [2.05, 4.69) is 20.8 Å². The first kappa shape index (κ1) is 10.8. The molecule has 2 N–H and O–H groups in total. The van der Waals surface area contributed by atoms with E-state index in [1.165, 1.54) is 18.4 Å². The summed E-state index contributed by atoms with van der Waals surface area (Å²) in [5, 5.41) is 0. The molecule has 2 heterocycles. The number of nitrogens with two attached hydrogens (primary N) is 1. The van der Waals surface area contributed by atoms with E-state index in [0.717, 1.165) is 18.8 Å². The van der Waals surface area contributed by atoms with Crippen LogP contribution in [0.1, 0.15) is 46.5 Å². The maximum Gasteiger partial charge on any atom is 0.106 e. The van der Waals surface area contributed by atoms with Crippen LogP contribution in [0.3, 0.4) is 0 Å². The smallest absolute Gasteiger partial charge is 0.106 e. The van der Waals surface area contributed by atoms with Crippen molar-refractivity contribution in [1.29, 1.82) is 0 Å². The predicted octanol–water partition coefficient (Wildman–Crippen LogP) is 2.63. The minimum Gasteiger partial charge on any atom is -0.361 e. The third-order valence-corrected chi connectivity index (χ3v) is 5.15. The van der Waals surface area contributed by atoms with Crippen molar-refractivity contribution in [2.45, 2.75) is 64.2 Å². The minimum atomic E-state index is -0.0624. The van der Waals surface area contributed by atoms with Gasteiger partial charge in [0, 0.05) is 12.0 Å². The molecular weight excluding hydrogens is 198 g/mol. The summed E-state index contributed by atoms with van der Waals surface area (Å²) in [6.07, 6.45) is 5.16. The van der Waals surface area contributed by atoms with Crippen LogP contribution in [0.25, 0.3) is 0 Å². The quantitative estimate of drug-likeness (QED) is 0.691. The first-order valence-corrected chi connectivity index (χ1v) is 6.73. The molecule has 0 aromatic heterocycles. The maximum absolute atomic E-state index is 6.49. The van der Waals surface area contributed by atoms with Crippen molar-refractivity contribution in [3.63, 3.8) is 0 Å². The lowest BCUT2D eigenvalue weighted by atomic mass is 9.65. The molecule has 1 spiro atoms. The van der Waals surface area contributed by atoms with Crippen LogP contribution in [0.4, 0.5) is 0 Å². The molecule has 2 heteroatoms. The fraction of sp³-hybridized carbons (Fsp3) is 0.857. The molecule has 2 bridgehead atoms. The maximum atomic E-state index is 6.49. The first-order valence-electron chi connectivity index (χ1n) is 6.73. The van der Waals surface area contributed by atoms with Crippen molar-refractivity contribution in [3.05, 3.63) is 11.1 Å². The highest BCUT2D eigenvalue weighted by atomic mass is 16.5. The Morgan fingerprint density at radius 1 is 1.50 bits per heavy atom. The number of hydrogen-bond acceptors (Lipinski definition) is 2. The Morgan fingerprint density at radius 2 is 2.25 bits per heavy atom. The zero-order valence-corrected chi connectivity index (χ0v) is 10.6. The molecule has 1 saturated carbocycles. The second-order valence-corrected chi connectivity index (χ2v) is 6.04. The summed E-state index contributed by atoms with van der Waals surface area (Å²) >= 11 is 0. The van der Waals surface area contributed by atoms with Gasteiger partial charge in [-0.1, -0.05) is 13.8 Å². The number of hydrogen-bond donors (Lipinski definition) is 1. The molecule has 0 amide bonds. The van der Waals surface area contributed by atoms with Crippen LogP contribution < -0.4 is 5.73 Å². The number of fused-ring (bicyclic) bond motifs is 1. The molecule has 2 aliphatic heterocycles. The van der Waals surface area contributed by atoms with Gasteiger partial charge in [-0.3, -0.25) is 0 Å². The average Bonchev–Trinajstić information content (AvgIpc) is 2.67. The lowest BCUT2D eigenvalue weighted by molar-refractivity contribution is -0.0119. The van der Waals surface area contributed by atoms with Gasteiger partial charge in [0.1, 0.15) is 5.60 Å². The summed E-state index contributed by atoms with van der Waals surface area (Å²) < 4.78 is 6.36. The SMILES string of the molecule is CCC1C2OC3(CC(C)CCC3=C2C)C1N. The molecular formula is C14H23NO. The Labute approximate surface area is 98.2 Å². The van der Waals surface area contributed by atoms with Crippen LogP contribution in [-0.4, -0.2) is 17.7 Å². The van der Waals surface area contributed by atoms with E-state index in [1.807, 2.05) is 0 Å². The molecule has 0 radical (unpaired) electrons. The van der Waals surface area contributed by atoms with Crippen LogP contribution in [0.2, 0.25) is 0 Å². The molecule has 16 heavy (non-hydrogen) atoms. The van der Waals surface area contributed by atoms with E-state index in [4.69, 9.17) is 10.5 Å². The Balaban J connectivity index is 2.04. The van der Waals surface area contributed by atoms with Crippen molar-refractivity contribution in [2.75, 3.05) is 0 Å². The van der Waals surface area contributed by atoms with Gasteiger partial charge in [0.15, 0.2) is 0 Å². The monoisotopic (exact) mass is 221 g/mol. The topological polar surface area (TPSA) is 35.2 Å². The van der Waals surface area contributed by atoms with Crippen LogP contribution in [0.5, 0.6) is 0 Å². The highest BCUT2D eigenvalue weighted by molar-refractivity contribution is 5.41. The molecule has 3 rings (SSSR count). The molecule has 0 aromatic carbocycles. The van der Waals surface area contributed by atoms with E-state index in [1.54, 1.807) is 5.57 Å². The van der Waals surface area contributed by atoms with Crippen molar-refractivity contribution < 1.29 is 4.74 Å². The van der Waals surface area contributed by atoms with Gasteiger partial charge in [0.2, 0.25) is 0 Å². The Morgan fingerprint density at radius 3 is 2.94 bits per heavy atom. The number of rotatable bonds is 1. The molecule has 90 valence electrons. The van der Waals surface area contributed by atoms with Crippen LogP contribution in [0, 0.1) is 11.8 Å². The summed E-state index contributed by atoms with van der Waals surface area (Å²) in [4.78, 5) is 0. The average molecular weight is 221 g/mol. The van der Waals surface area contributed by atoms with E-state index >= 15 is 0 Å². The molecule has 0 aromatic rings. The van der Waals surface area contributed by atoms with Gasteiger partial charge in [0.25, 0.3) is 0 Å². The fourth-order valence-electron chi connectivity index (χ4n) is 4.31. The van der Waals surface area contributed by atoms with Crippen LogP contribution in [0.15, 0.2) is 11.1 Å². The van der Waals surface area contributed by atoms with E-state index in [9.17, 15) is 0 Å². The molecule has 1 aliphatic carbocycles. The summed E-state index contributed by atoms with van der Waals surface area (Å²) in [7, 11) is 0. The zero-order valence-electron chi connectivity index (χ0n) is 10.6. The van der Waals surface area contributed by atoms with Gasteiger partial charge in [0.05, 0.1) is 6.10 Å². The van der Waals surface area contributed by atoms with E-state index < -0.39 is 0 Å². The molecule has 5 atom stereocenters. The molecule has 3 aliphatic rings. The lowest BCUT2D eigenvalue weighted by Gasteiger charge is -2.42. The van der Waals surface area contributed by atoms with Crippen LogP contribution in [-0.2, 0) is 4.74 Å². The first-order chi connectivity index (χ1) is 7.60. The molecule has 2 fully saturated rings. The van der Waals surface area contributed by atoms with Gasteiger partial charge < -0.3 is 10.5 Å². The van der Waals surface area contributed by atoms with Crippen molar-refractivity contribution >= 4 is 0 Å². The largest absolute Gasteiger partial charge is 0.361 e. The minimum absolute atomic E-state index is 0.0624. The summed E-state index contributed by atoms with van der Waals surface area (Å²) in [5.74, 6) is 1.31. The second-order valence-electron chi connectivity index (χ2n) is 6.04.